The number of β-amino-alcohol motifs (C(OH)–C–C–N with tert-alkyl or cyclic N) is 1. The average molecular weight is 227 g/mol. The summed E-state index contributed by atoms with van der Waals surface area (Å²) in [4.78, 5) is 0. The van der Waals surface area contributed by atoms with Crippen molar-refractivity contribution in [2.24, 2.45) is 5.92 Å². The van der Waals surface area contributed by atoms with Crippen molar-refractivity contribution in [1.82, 2.24) is 5.32 Å². The Kier molecular flexibility index (Phi) is 2.70. The van der Waals surface area contributed by atoms with Crippen molar-refractivity contribution in [2.45, 2.75) is 36.9 Å². The highest BCUT2D eigenvalue weighted by Gasteiger charge is 2.49. The first kappa shape index (κ1) is 11.0. The van der Waals surface area contributed by atoms with Crippen molar-refractivity contribution in [3.8, 4) is 0 Å². The maximum Gasteiger partial charge on any atom is 0.0924 e. The number of hydrogen-bond donors (Lipinski definition) is 2. The molecule has 3 rings (SSSR count). The Bertz CT molecular complexity index is 253. The SMILES string of the molecule is OC1(C2CCOC3(CCOCC3)C2)CNC1. The number of hydrogen-bond acceptors (Lipinski definition) is 4. The van der Waals surface area contributed by atoms with Gasteiger partial charge in [-0.1, -0.05) is 0 Å². The predicted molar refractivity (Wildman–Crippen MR) is 59.3 cm³/mol. The van der Waals surface area contributed by atoms with Crippen molar-refractivity contribution in [2.75, 3.05) is 32.9 Å². The Morgan fingerprint density at radius 1 is 1.12 bits per heavy atom. The molecule has 0 aromatic rings. The van der Waals surface area contributed by atoms with E-state index in [2.05, 4.69) is 5.32 Å². The van der Waals surface area contributed by atoms with Crippen LogP contribution < -0.4 is 5.32 Å². The molecule has 1 spiro atoms. The molecule has 3 heterocycles. The molecular formula is C12H21NO3. The van der Waals surface area contributed by atoms with Crippen LogP contribution in [0.15, 0.2) is 0 Å². The lowest BCUT2D eigenvalue weighted by Gasteiger charge is -2.51. The molecule has 0 aliphatic carbocycles. The first-order valence-electron chi connectivity index (χ1n) is 6.37. The summed E-state index contributed by atoms with van der Waals surface area (Å²) in [5.74, 6) is 0.403. The summed E-state index contributed by atoms with van der Waals surface area (Å²) in [6.07, 6.45) is 4.00. The smallest absolute Gasteiger partial charge is 0.0924 e. The Balaban J connectivity index is 1.69. The fourth-order valence-electron chi connectivity index (χ4n) is 3.25. The minimum Gasteiger partial charge on any atom is -0.387 e. The Morgan fingerprint density at radius 2 is 1.88 bits per heavy atom. The van der Waals surface area contributed by atoms with Crippen LogP contribution in [0.1, 0.15) is 25.7 Å². The van der Waals surface area contributed by atoms with Gasteiger partial charge in [0.15, 0.2) is 0 Å². The monoisotopic (exact) mass is 227 g/mol. The molecular weight excluding hydrogens is 206 g/mol. The summed E-state index contributed by atoms with van der Waals surface area (Å²) in [6.45, 7) is 3.92. The lowest BCUT2D eigenvalue weighted by Crippen LogP contribution is -2.65. The molecule has 4 nitrogen and oxygen atoms in total. The molecule has 92 valence electrons. The van der Waals surface area contributed by atoms with E-state index in [9.17, 15) is 5.11 Å². The highest BCUT2D eigenvalue weighted by molar-refractivity contribution is 5.02. The Hall–Kier alpha value is -0.160. The predicted octanol–water partition coefficient (Wildman–Crippen LogP) is 0.297. The summed E-state index contributed by atoms with van der Waals surface area (Å²) in [7, 11) is 0. The van der Waals surface area contributed by atoms with E-state index < -0.39 is 5.60 Å². The third-order valence-electron chi connectivity index (χ3n) is 4.52. The van der Waals surface area contributed by atoms with Gasteiger partial charge in [-0.2, -0.15) is 0 Å². The maximum atomic E-state index is 10.4. The number of rotatable bonds is 1. The highest BCUT2D eigenvalue weighted by Crippen LogP contribution is 2.42. The number of ether oxygens (including phenoxy) is 2. The van der Waals surface area contributed by atoms with Gasteiger partial charge in [0.2, 0.25) is 0 Å². The van der Waals surface area contributed by atoms with Gasteiger partial charge < -0.3 is 19.9 Å². The van der Waals surface area contributed by atoms with E-state index in [0.717, 1.165) is 58.6 Å². The fraction of sp³-hybridized carbons (Fsp3) is 1.00. The van der Waals surface area contributed by atoms with Gasteiger partial charge in [0.1, 0.15) is 0 Å². The Labute approximate surface area is 96.3 Å². The second kappa shape index (κ2) is 3.95. The van der Waals surface area contributed by atoms with Gasteiger partial charge in [-0.25, -0.2) is 0 Å². The minimum atomic E-state index is -0.463. The van der Waals surface area contributed by atoms with Crippen molar-refractivity contribution in [3.05, 3.63) is 0 Å². The van der Waals surface area contributed by atoms with Crippen LogP contribution in [0.5, 0.6) is 0 Å². The van der Waals surface area contributed by atoms with Gasteiger partial charge in [0.25, 0.3) is 0 Å². The van der Waals surface area contributed by atoms with Crippen molar-refractivity contribution in [3.63, 3.8) is 0 Å². The van der Waals surface area contributed by atoms with Crippen LogP contribution in [0, 0.1) is 5.92 Å². The third kappa shape index (κ3) is 1.78. The van der Waals surface area contributed by atoms with E-state index >= 15 is 0 Å². The van der Waals surface area contributed by atoms with E-state index in [1.54, 1.807) is 0 Å². The molecule has 3 aliphatic heterocycles. The largest absolute Gasteiger partial charge is 0.387 e. The van der Waals surface area contributed by atoms with Gasteiger partial charge in [-0.05, 0) is 31.6 Å². The summed E-state index contributed by atoms with van der Waals surface area (Å²) in [5, 5.41) is 13.6. The van der Waals surface area contributed by atoms with Crippen LogP contribution in [-0.4, -0.2) is 49.2 Å². The van der Waals surface area contributed by atoms with E-state index in [0.29, 0.717) is 5.92 Å². The molecule has 2 N–H and O–H groups in total. The molecule has 16 heavy (non-hydrogen) atoms. The van der Waals surface area contributed by atoms with Gasteiger partial charge in [-0.15, -0.1) is 0 Å². The van der Waals surface area contributed by atoms with Crippen molar-refractivity contribution < 1.29 is 14.6 Å². The Morgan fingerprint density at radius 3 is 2.50 bits per heavy atom. The molecule has 1 atom stereocenters. The zero-order chi connectivity index (χ0) is 11.1. The van der Waals surface area contributed by atoms with E-state index in [1.165, 1.54) is 0 Å². The van der Waals surface area contributed by atoms with E-state index in [1.807, 2.05) is 0 Å². The van der Waals surface area contributed by atoms with Crippen molar-refractivity contribution >= 4 is 0 Å². The van der Waals surface area contributed by atoms with E-state index in [-0.39, 0.29) is 5.60 Å². The molecule has 3 saturated heterocycles. The molecule has 3 aliphatic rings. The molecule has 0 bridgehead atoms. The van der Waals surface area contributed by atoms with Gasteiger partial charge >= 0.3 is 0 Å². The molecule has 3 fully saturated rings. The van der Waals surface area contributed by atoms with Crippen LogP contribution in [0.2, 0.25) is 0 Å². The lowest BCUT2D eigenvalue weighted by atomic mass is 9.71. The molecule has 0 aromatic carbocycles. The normalized spacial score (nSPS) is 36.9. The standard InChI is InChI=1S/C12H21NO3/c14-12(8-13-9-12)10-1-4-16-11(7-10)2-5-15-6-3-11/h10,13-14H,1-9H2. The van der Waals surface area contributed by atoms with Crippen LogP contribution in [0.25, 0.3) is 0 Å². The summed E-state index contributed by atoms with van der Waals surface area (Å²) in [6, 6.07) is 0. The summed E-state index contributed by atoms with van der Waals surface area (Å²) < 4.78 is 11.4. The second-order valence-corrected chi connectivity index (χ2v) is 5.54. The van der Waals surface area contributed by atoms with Crippen molar-refractivity contribution in [1.29, 1.82) is 0 Å². The van der Waals surface area contributed by atoms with Crippen LogP contribution in [0.4, 0.5) is 0 Å². The average Bonchev–Trinajstić information content (AvgIpc) is 2.27. The van der Waals surface area contributed by atoms with Gasteiger partial charge in [0.05, 0.1) is 11.2 Å². The van der Waals surface area contributed by atoms with Gasteiger partial charge in [-0.3, -0.25) is 0 Å². The van der Waals surface area contributed by atoms with Crippen LogP contribution in [0.3, 0.4) is 0 Å². The molecule has 0 aromatic heterocycles. The third-order valence-corrected chi connectivity index (χ3v) is 4.52. The van der Waals surface area contributed by atoms with Crippen LogP contribution in [-0.2, 0) is 9.47 Å². The molecule has 1 unspecified atom stereocenters. The summed E-state index contributed by atoms with van der Waals surface area (Å²) >= 11 is 0. The molecule has 0 saturated carbocycles. The minimum absolute atomic E-state index is 0.00644. The number of nitrogens with one attached hydrogen (secondary N) is 1. The molecule has 0 radical (unpaired) electrons. The highest BCUT2D eigenvalue weighted by atomic mass is 16.5. The maximum absolute atomic E-state index is 10.4. The first-order valence-corrected chi connectivity index (χ1v) is 6.37. The molecule has 0 amide bonds. The van der Waals surface area contributed by atoms with E-state index in [4.69, 9.17) is 9.47 Å². The first-order chi connectivity index (χ1) is 7.73. The number of aliphatic hydroxyl groups is 1. The molecule has 4 heteroatoms. The van der Waals surface area contributed by atoms with Crippen LogP contribution >= 0.6 is 0 Å². The quantitative estimate of drug-likeness (QED) is 0.676. The van der Waals surface area contributed by atoms with Gasteiger partial charge in [0, 0.05) is 32.9 Å². The topological polar surface area (TPSA) is 50.7 Å². The fourth-order valence-corrected chi connectivity index (χ4v) is 3.25. The zero-order valence-electron chi connectivity index (χ0n) is 9.71. The second-order valence-electron chi connectivity index (χ2n) is 5.54. The summed E-state index contributed by atoms with van der Waals surface area (Å²) in [5.41, 5.74) is -0.457. The lowest BCUT2D eigenvalue weighted by molar-refractivity contribution is -0.183. The zero-order valence-corrected chi connectivity index (χ0v) is 9.71.